The number of aromatic nitrogens is 2. The topological polar surface area (TPSA) is 71.4 Å². The van der Waals surface area contributed by atoms with Gasteiger partial charge in [0.15, 0.2) is 12.3 Å². The number of alkyl halides is 4. The van der Waals surface area contributed by atoms with E-state index in [1.165, 1.54) is 0 Å². The molecule has 7 nitrogen and oxygen atoms in total. The normalized spacial score (nSPS) is 27.4. The number of fused-ring (bicyclic) bond motifs is 1. The van der Waals surface area contributed by atoms with Crippen molar-refractivity contribution in [2.75, 3.05) is 19.7 Å². The fourth-order valence-electron chi connectivity index (χ4n) is 3.84. The zero-order valence-corrected chi connectivity index (χ0v) is 17.3. The van der Waals surface area contributed by atoms with Crippen LogP contribution in [0.1, 0.15) is 24.6 Å². The van der Waals surface area contributed by atoms with E-state index in [-0.39, 0.29) is 18.1 Å². The molecule has 0 aromatic carbocycles. The molecule has 1 saturated heterocycles. The third-order valence-electron chi connectivity index (χ3n) is 5.40. The molecular weight excluding hydrogens is 435 g/mol. The van der Waals surface area contributed by atoms with Gasteiger partial charge in [0.2, 0.25) is 5.88 Å². The van der Waals surface area contributed by atoms with E-state index < -0.39 is 35.8 Å². The van der Waals surface area contributed by atoms with Crippen molar-refractivity contribution < 1.29 is 22.7 Å². The molecule has 1 fully saturated rings. The van der Waals surface area contributed by atoms with Crippen molar-refractivity contribution in [3.05, 3.63) is 48.3 Å². The lowest BCUT2D eigenvalue weighted by atomic mass is 10.0. The summed E-state index contributed by atoms with van der Waals surface area (Å²) in [5.74, 6) is -0.551. The number of nitrogens with one attached hydrogen (secondary N) is 2. The van der Waals surface area contributed by atoms with Crippen molar-refractivity contribution >= 4 is 17.5 Å². The minimum atomic E-state index is -4.62. The van der Waals surface area contributed by atoms with Gasteiger partial charge >= 0.3 is 6.18 Å². The Morgan fingerprint density at radius 3 is 2.87 bits per heavy atom. The van der Waals surface area contributed by atoms with Gasteiger partial charge in [-0.3, -0.25) is 10.1 Å². The Labute approximate surface area is 182 Å². The van der Waals surface area contributed by atoms with Crippen LogP contribution in [0.2, 0.25) is 0 Å². The highest BCUT2D eigenvalue weighted by Crippen LogP contribution is 2.36. The number of carbonyl (C=O) groups excluding carboxylic acids is 1. The molecule has 1 aliphatic carbocycles. The van der Waals surface area contributed by atoms with Crippen LogP contribution < -0.4 is 15.4 Å². The molecule has 1 aromatic rings. The third kappa shape index (κ3) is 5.07. The van der Waals surface area contributed by atoms with Crippen molar-refractivity contribution in [3.8, 4) is 5.88 Å². The maximum Gasteiger partial charge on any atom is 0.435 e. The molecule has 4 rings (SSSR count). The largest absolute Gasteiger partial charge is 0.468 e. The molecule has 0 bridgehead atoms. The maximum atomic E-state index is 13.2. The Morgan fingerprint density at radius 2 is 2.13 bits per heavy atom. The van der Waals surface area contributed by atoms with Crippen molar-refractivity contribution in [2.24, 2.45) is 0 Å². The van der Waals surface area contributed by atoms with Gasteiger partial charge in [0.05, 0.1) is 17.6 Å². The molecule has 3 heterocycles. The smallest absolute Gasteiger partial charge is 0.435 e. The van der Waals surface area contributed by atoms with Crippen LogP contribution in [0, 0.1) is 0 Å². The SMILES string of the molecule is O=C(COc1cc(C(F)(F)F)nn1C1CC=CCC1Cl)NCC1CN2C=CC=CC2N1. The zero-order valence-electron chi connectivity index (χ0n) is 16.6. The molecule has 2 N–H and O–H groups in total. The van der Waals surface area contributed by atoms with Gasteiger partial charge in [-0.25, -0.2) is 4.68 Å². The van der Waals surface area contributed by atoms with Crippen molar-refractivity contribution in [1.29, 1.82) is 0 Å². The molecular formula is C20H23ClF3N5O2. The Hall–Kier alpha value is -2.46. The van der Waals surface area contributed by atoms with E-state index in [2.05, 4.69) is 20.6 Å². The van der Waals surface area contributed by atoms with Gasteiger partial charge < -0.3 is 15.0 Å². The Balaban J connectivity index is 1.35. The number of carbonyl (C=O) groups is 1. The second-order valence-electron chi connectivity index (χ2n) is 7.66. The van der Waals surface area contributed by atoms with E-state index in [0.717, 1.165) is 17.3 Å². The van der Waals surface area contributed by atoms with Crippen LogP contribution in [0.25, 0.3) is 0 Å². The highest BCUT2D eigenvalue weighted by atomic mass is 35.5. The predicted octanol–water partition coefficient (Wildman–Crippen LogP) is 2.58. The summed E-state index contributed by atoms with van der Waals surface area (Å²) in [6.45, 7) is 0.694. The number of hydrogen-bond donors (Lipinski definition) is 2. The first-order chi connectivity index (χ1) is 14.8. The van der Waals surface area contributed by atoms with E-state index >= 15 is 0 Å². The third-order valence-corrected chi connectivity index (χ3v) is 5.87. The van der Waals surface area contributed by atoms with Gasteiger partial charge in [-0.15, -0.1) is 11.6 Å². The minimum Gasteiger partial charge on any atom is -0.468 e. The van der Waals surface area contributed by atoms with Crippen LogP contribution in [-0.4, -0.2) is 57.9 Å². The molecule has 11 heteroatoms. The number of amides is 1. The van der Waals surface area contributed by atoms with E-state index in [1.54, 1.807) is 0 Å². The predicted molar refractivity (Wildman–Crippen MR) is 108 cm³/mol. The van der Waals surface area contributed by atoms with Gasteiger partial charge in [-0.2, -0.15) is 18.3 Å². The van der Waals surface area contributed by atoms with Crippen LogP contribution in [0.3, 0.4) is 0 Å². The second-order valence-corrected chi connectivity index (χ2v) is 8.22. The summed E-state index contributed by atoms with van der Waals surface area (Å²) in [5, 5.41) is 9.38. The van der Waals surface area contributed by atoms with E-state index in [4.69, 9.17) is 16.3 Å². The number of allylic oxidation sites excluding steroid dienone is 4. The fraction of sp³-hybridized carbons (Fsp3) is 0.500. The molecule has 1 aromatic heterocycles. The van der Waals surface area contributed by atoms with Gasteiger partial charge in [-0.05, 0) is 25.0 Å². The Morgan fingerprint density at radius 1 is 1.32 bits per heavy atom. The van der Waals surface area contributed by atoms with Crippen LogP contribution >= 0.6 is 11.6 Å². The van der Waals surface area contributed by atoms with Crippen LogP contribution in [0.4, 0.5) is 13.2 Å². The molecule has 168 valence electrons. The molecule has 4 unspecified atom stereocenters. The standard InChI is InChI=1S/C20H23ClF3N5O2/c21-14-5-1-2-6-15(14)29-19(9-16(27-29)20(22,23)24)31-12-18(30)25-10-13-11-28-8-4-3-7-17(28)26-13/h1-4,7-9,13-15,17,26H,5-6,10-12H2,(H,25,30). The molecule has 0 spiro atoms. The fourth-order valence-corrected chi connectivity index (χ4v) is 4.15. The number of hydrogen-bond acceptors (Lipinski definition) is 5. The van der Waals surface area contributed by atoms with Crippen molar-refractivity contribution in [1.82, 2.24) is 25.3 Å². The Bertz CT molecular complexity index is 878. The lowest BCUT2D eigenvalue weighted by molar-refractivity contribution is -0.141. The summed E-state index contributed by atoms with van der Waals surface area (Å²) < 4.78 is 46.1. The number of halogens is 4. The molecule has 0 radical (unpaired) electrons. The first-order valence-electron chi connectivity index (χ1n) is 10.0. The van der Waals surface area contributed by atoms with Crippen LogP contribution in [0.5, 0.6) is 5.88 Å². The van der Waals surface area contributed by atoms with Gasteiger partial charge in [-0.1, -0.05) is 18.2 Å². The van der Waals surface area contributed by atoms with E-state index in [1.807, 2.05) is 36.6 Å². The molecule has 31 heavy (non-hydrogen) atoms. The summed E-state index contributed by atoms with van der Waals surface area (Å²) in [7, 11) is 0. The summed E-state index contributed by atoms with van der Waals surface area (Å²) in [5.41, 5.74) is -1.07. The molecule has 0 saturated carbocycles. The molecule has 4 atom stereocenters. The zero-order chi connectivity index (χ0) is 22.0. The molecule has 3 aliphatic rings. The highest BCUT2D eigenvalue weighted by molar-refractivity contribution is 6.21. The van der Waals surface area contributed by atoms with E-state index in [9.17, 15) is 18.0 Å². The number of rotatable bonds is 6. The minimum absolute atomic E-state index is 0.0507. The highest BCUT2D eigenvalue weighted by Gasteiger charge is 2.37. The van der Waals surface area contributed by atoms with Crippen LogP contribution in [0.15, 0.2) is 42.6 Å². The maximum absolute atomic E-state index is 13.2. The summed E-state index contributed by atoms with van der Waals surface area (Å²) >= 11 is 6.30. The van der Waals surface area contributed by atoms with Gasteiger partial charge in [0, 0.05) is 31.4 Å². The average molecular weight is 458 g/mol. The first-order valence-corrected chi connectivity index (χ1v) is 10.5. The summed E-state index contributed by atoms with van der Waals surface area (Å²) in [4.78, 5) is 14.4. The lowest BCUT2D eigenvalue weighted by Gasteiger charge is -2.25. The number of nitrogens with zero attached hydrogens (tertiary/aromatic N) is 3. The van der Waals surface area contributed by atoms with Gasteiger partial charge in [0.25, 0.3) is 5.91 Å². The quantitative estimate of drug-likeness (QED) is 0.507. The summed E-state index contributed by atoms with van der Waals surface area (Å²) in [6, 6.07) is 0.376. The van der Waals surface area contributed by atoms with Crippen molar-refractivity contribution in [3.63, 3.8) is 0 Å². The van der Waals surface area contributed by atoms with Gasteiger partial charge in [0.1, 0.15) is 0 Å². The van der Waals surface area contributed by atoms with E-state index in [0.29, 0.717) is 19.4 Å². The average Bonchev–Trinajstić information content (AvgIpc) is 3.35. The molecule has 1 amide bonds. The lowest BCUT2D eigenvalue weighted by Crippen LogP contribution is -2.42. The number of ether oxygens (including phenoxy) is 1. The van der Waals surface area contributed by atoms with Crippen LogP contribution in [-0.2, 0) is 11.0 Å². The summed E-state index contributed by atoms with van der Waals surface area (Å²) in [6.07, 6.45) is 8.06. The monoisotopic (exact) mass is 457 g/mol. The van der Waals surface area contributed by atoms with Crippen molar-refractivity contribution in [2.45, 2.75) is 42.6 Å². The first kappa shape index (κ1) is 21.8. The Kier molecular flexibility index (Phi) is 6.29. The second kappa shape index (κ2) is 8.96. The molecule has 2 aliphatic heterocycles.